The lowest BCUT2D eigenvalue weighted by atomic mass is 9.92. The highest BCUT2D eigenvalue weighted by Crippen LogP contribution is 2.43. The van der Waals surface area contributed by atoms with Gasteiger partial charge in [0.25, 0.3) is 0 Å². The van der Waals surface area contributed by atoms with Crippen LogP contribution in [-0.2, 0) is 6.42 Å². The Kier molecular flexibility index (Phi) is 4.94. The van der Waals surface area contributed by atoms with Crippen LogP contribution in [0.25, 0.3) is 22.2 Å². The summed E-state index contributed by atoms with van der Waals surface area (Å²) in [5.41, 5.74) is 7.10. The first-order valence-corrected chi connectivity index (χ1v) is 12.6. The van der Waals surface area contributed by atoms with Crippen LogP contribution in [0.15, 0.2) is 64.7 Å². The Hall–Kier alpha value is -2.80. The van der Waals surface area contributed by atoms with Crippen molar-refractivity contribution in [1.82, 2.24) is 9.97 Å². The van der Waals surface area contributed by atoms with Crippen LogP contribution in [0, 0.1) is 0 Å². The molecule has 0 saturated carbocycles. The number of hydrogen-bond acceptors (Lipinski definition) is 5. The number of thiazole rings is 1. The summed E-state index contributed by atoms with van der Waals surface area (Å²) >= 11 is 9.74. The van der Waals surface area contributed by atoms with E-state index in [1.54, 1.807) is 29.8 Å². The van der Waals surface area contributed by atoms with Crippen LogP contribution < -0.4 is 9.64 Å². The fourth-order valence-corrected chi connectivity index (χ4v) is 6.25. The molecule has 0 saturated heterocycles. The van der Waals surface area contributed by atoms with Gasteiger partial charge in [-0.25, -0.2) is 4.98 Å². The van der Waals surface area contributed by atoms with Crippen molar-refractivity contribution in [2.24, 2.45) is 0 Å². The molecule has 0 spiro atoms. The molecule has 6 rings (SSSR count). The largest absolute Gasteiger partial charge is 0.497 e. The number of aromatic nitrogens is 2. The summed E-state index contributed by atoms with van der Waals surface area (Å²) in [6.45, 7) is 0.889. The van der Waals surface area contributed by atoms with Crippen LogP contribution in [0.3, 0.4) is 0 Å². The Balaban J connectivity index is 1.49. The molecule has 160 valence electrons. The molecule has 0 bridgehead atoms. The second-order valence-electron chi connectivity index (χ2n) is 7.85. The van der Waals surface area contributed by atoms with Gasteiger partial charge in [-0.2, -0.15) is 11.3 Å². The van der Waals surface area contributed by atoms with Crippen molar-refractivity contribution in [3.05, 3.63) is 86.5 Å². The smallest absolute Gasteiger partial charge is 0.186 e. The quantitative estimate of drug-likeness (QED) is 0.298. The van der Waals surface area contributed by atoms with Crippen molar-refractivity contribution >= 4 is 50.3 Å². The maximum Gasteiger partial charge on any atom is 0.186 e. The van der Waals surface area contributed by atoms with Gasteiger partial charge in [0.15, 0.2) is 5.13 Å². The van der Waals surface area contributed by atoms with Gasteiger partial charge in [-0.3, -0.25) is 0 Å². The summed E-state index contributed by atoms with van der Waals surface area (Å²) in [7, 11) is 1.70. The predicted octanol–water partition coefficient (Wildman–Crippen LogP) is 7.17. The Morgan fingerprint density at radius 3 is 2.78 bits per heavy atom. The molecular formula is C25H20ClN3OS2. The summed E-state index contributed by atoms with van der Waals surface area (Å²) in [5, 5.41) is 9.41. The van der Waals surface area contributed by atoms with Gasteiger partial charge in [0.2, 0.25) is 0 Å². The van der Waals surface area contributed by atoms with E-state index in [4.69, 9.17) is 21.3 Å². The van der Waals surface area contributed by atoms with Gasteiger partial charge in [0.05, 0.1) is 18.8 Å². The molecule has 5 aromatic rings. The lowest BCUT2D eigenvalue weighted by molar-refractivity contribution is 0.414. The lowest BCUT2D eigenvalue weighted by Gasteiger charge is -2.36. The van der Waals surface area contributed by atoms with E-state index in [2.05, 4.69) is 56.4 Å². The second kappa shape index (κ2) is 7.96. The number of methoxy groups -OCH3 is 1. The van der Waals surface area contributed by atoms with E-state index >= 15 is 0 Å². The SMILES string of the molecule is COc1ccc(C2c3[nH]c4ccc(Cl)cc4c3CCN2c2nc(-c3ccsc3)cs2)cc1. The monoisotopic (exact) mass is 477 g/mol. The van der Waals surface area contributed by atoms with E-state index in [1.165, 1.54) is 27.8 Å². The summed E-state index contributed by atoms with van der Waals surface area (Å²) in [5.74, 6) is 0.855. The fourth-order valence-electron chi connectivity index (χ4n) is 4.54. The number of H-pyrrole nitrogens is 1. The van der Waals surface area contributed by atoms with Crippen LogP contribution in [0.1, 0.15) is 22.9 Å². The molecule has 32 heavy (non-hydrogen) atoms. The van der Waals surface area contributed by atoms with E-state index in [1.807, 2.05) is 18.2 Å². The van der Waals surface area contributed by atoms with Gasteiger partial charge >= 0.3 is 0 Å². The van der Waals surface area contributed by atoms with E-state index in [9.17, 15) is 0 Å². The molecule has 4 nitrogen and oxygen atoms in total. The third kappa shape index (κ3) is 3.30. The number of hydrogen-bond donors (Lipinski definition) is 1. The van der Waals surface area contributed by atoms with Crippen molar-refractivity contribution in [2.45, 2.75) is 12.5 Å². The zero-order valence-corrected chi connectivity index (χ0v) is 19.7. The van der Waals surface area contributed by atoms with Gasteiger partial charge in [-0.1, -0.05) is 23.7 Å². The normalized spacial score (nSPS) is 15.8. The van der Waals surface area contributed by atoms with Gasteiger partial charge in [0.1, 0.15) is 5.75 Å². The predicted molar refractivity (Wildman–Crippen MR) is 135 cm³/mol. The minimum absolute atomic E-state index is 0.0392. The Labute approximate surface area is 199 Å². The summed E-state index contributed by atoms with van der Waals surface area (Å²) in [4.78, 5) is 11.1. The van der Waals surface area contributed by atoms with Crippen molar-refractivity contribution in [1.29, 1.82) is 0 Å². The second-order valence-corrected chi connectivity index (χ2v) is 9.91. The average molecular weight is 478 g/mol. The highest BCUT2D eigenvalue weighted by molar-refractivity contribution is 7.14. The van der Waals surface area contributed by atoms with Crippen molar-refractivity contribution in [2.75, 3.05) is 18.6 Å². The average Bonchev–Trinajstić information content (AvgIpc) is 3.57. The maximum absolute atomic E-state index is 6.34. The number of fused-ring (bicyclic) bond motifs is 3. The zero-order valence-electron chi connectivity index (χ0n) is 17.3. The van der Waals surface area contributed by atoms with Crippen LogP contribution in [-0.4, -0.2) is 23.6 Å². The molecule has 7 heteroatoms. The summed E-state index contributed by atoms with van der Waals surface area (Å²) in [6.07, 6.45) is 0.940. The molecule has 3 aromatic heterocycles. The van der Waals surface area contributed by atoms with E-state index in [0.717, 1.165) is 40.1 Å². The van der Waals surface area contributed by atoms with Crippen molar-refractivity contribution < 1.29 is 4.74 Å². The van der Waals surface area contributed by atoms with E-state index in [0.29, 0.717) is 0 Å². The minimum Gasteiger partial charge on any atom is -0.497 e. The Morgan fingerprint density at radius 1 is 1.12 bits per heavy atom. The molecule has 4 heterocycles. The first-order valence-electron chi connectivity index (χ1n) is 10.4. The van der Waals surface area contributed by atoms with E-state index in [-0.39, 0.29) is 6.04 Å². The van der Waals surface area contributed by atoms with Gasteiger partial charge in [-0.05, 0) is 59.3 Å². The van der Waals surface area contributed by atoms with Crippen LogP contribution in [0.5, 0.6) is 5.75 Å². The number of ether oxygens (including phenoxy) is 1. The van der Waals surface area contributed by atoms with Crippen LogP contribution in [0.2, 0.25) is 5.02 Å². The third-order valence-electron chi connectivity index (χ3n) is 6.08. The van der Waals surface area contributed by atoms with Gasteiger partial charge in [0, 0.05) is 44.5 Å². The van der Waals surface area contributed by atoms with Crippen molar-refractivity contribution in [3.63, 3.8) is 0 Å². The summed E-state index contributed by atoms with van der Waals surface area (Å²) in [6, 6.07) is 16.6. The minimum atomic E-state index is 0.0392. The molecule has 1 aliphatic rings. The first kappa shape index (κ1) is 19.9. The Morgan fingerprint density at radius 2 is 2.00 bits per heavy atom. The number of halogens is 1. The molecule has 0 aliphatic carbocycles. The summed E-state index contributed by atoms with van der Waals surface area (Å²) < 4.78 is 5.40. The standard InChI is InChI=1S/C25H20ClN3OS2/c1-30-18-5-2-15(3-6-18)24-23-19(20-12-17(26)4-7-21(20)27-23)8-10-29(24)25-28-22(14-32-25)16-9-11-31-13-16/h2-7,9,11-14,24,27H,8,10H2,1H3. The zero-order chi connectivity index (χ0) is 21.7. The number of nitrogens with zero attached hydrogens (tertiary/aromatic N) is 2. The van der Waals surface area contributed by atoms with Crippen molar-refractivity contribution in [3.8, 4) is 17.0 Å². The molecular weight excluding hydrogens is 458 g/mol. The van der Waals surface area contributed by atoms with Crippen LogP contribution in [0.4, 0.5) is 5.13 Å². The number of anilines is 1. The highest BCUT2D eigenvalue weighted by Gasteiger charge is 2.33. The molecule has 0 amide bonds. The topological polar surface area (TPSA) is 41.1 Å². The molecule has 1 aliphatic heterocycles. The fraction of sp³-hybridized carbons (Fsp3) is 0.160. The first-order chi connectivity index (χ1) is 15.7. The van der Waals surface area contributed by atoms with Gasteiger partial charge < -0.3 is 14.6 Å². The van der Waals surface area contributed by atoms with Crippen LogP contribution >= 0.6 is 34.3 Å². The highest BCUT2D eigenvalue weighted by atomic mass is 35.5. The third-order valence-corrected chi connectivity index (χ3v) is 7.87. The van der Waals surface area contributed by atoms with E-state index < -0.39 is 0 Å². The number of thiophene rings is 1. The lowest BCUT2D eigenvalue weighted by Crippen LogP contribution is -2.36. The maximum atomic E-state index is 6.34. The Bertz CT molecular complexity index is 1390. The molecule has 0 radical (unpaired) electrons. The number of aromatic amines is 1. The molecule has 0 fully saturated rings. The molecule has 1 N–H and O–H groups in total. The number of nitrogens with one attached hydrogen (secondary N) is 1. The number of rotatable bonds is 4. The molecule has 1 atom stereocenters. The molecule has 1 unspecified atom stereocenters. The molecule has 2 aromatic carbocycles. The van der Waals surface area contributed by atoms with Gasteiger partial charge in [-0.15, -0.1) is 11.3 Å². The number of benzene rings is 2.